The quantitative estimate of drug-likeness (QED) is 0.717. The van der Waals surface area contributed by atoms with Crippen molar-refractivity contribution >= 4 is 0 Å². The molecule has 0 aliphatic rings. The van der Waals surface area contributed by atoms with Gasteiger partial charge in [0.1, 0.15) is 5.76 Å². The molecule has 0 spiro atoms. The Hall–Kier alpha value is -0.800. The molecule has 0 radical (unpaired) electrons. The lowest BCUT2D eigenvalue weighted by Crippen LogP contribution is -2.28. The van der Waals surface area contributed by atoms with Gasteiger partial charge >= 0.3 is 0 Å². The molecule has 1 aromatic rings. The van der Waals surface area contributed by atoms with E-state index in [4.69, 9.17) is 4.42 Å². The van der Waals surface area contributed by atoms with Crippen LogP contribution in [-0.2, 0) is 6.54 Å². The van der Waals surface area contributed by atoms with E-state index < -0.39 is 0 Å². The fourth-order valence-electron chi connectivity index (χ4n) is 1.95. The third-order valence-corrected chi connectivity index (χ3v) is 3.21. The van der Waals surface area contributed by atoms with E-state index in [1.807, 2.05) is 12.1 Å². The summed E-state index contributed by atoms with van der Waals surface area (Å²) in [6.07, 6.45) is 4.20. The van der Waals surface area contributed by atoms with Crippen molar-refractivity contribution in [3.8, 4) is 0 Å². The van der Waals surface area contributed by atoms with Crippen LogP contribution in [0.25, 0.3) is 0 Å². The van der Waals surface area contributed by atoms with Crippen LogP contribution in [0.5, 0.6) is 0 Å². The maximum Gasteiger partial charge on any atom is 0.117 e. The summed E-state index contributed by atoms with van der Waals surface area (Å²) in [5.74, 6) is 1.01. The van der Waals surface area contributed by atoms with E-state index in [2.05, 4.69) is 31.0 Å². The van der Waals surface area contributed by atoms with Crippen molar-refractivity contribution in [2.45, 2.75) is 46.2 Å². The van der Waals surface area contributed by atoms with Crippen LogP contribution in [0.2, 0.25) is 0 Å². The summed E-state index contributed by atoms with van der Waals surface area (Å²) < 4.78 is 5.29. The van der Waals surface area contributed by atoms with Crippen molar-refractivity contribution < 1.29 is 4.42 Å². The lowest BCUT2D eigenvalue weighted by atomic mass is 10.1. The molecule has 0 aliphatic carbocycles. The van der Waals surface area contributed by atoms with Gasteiger partial charge in [-0.1, -0.05) is 13.8 Å². The highest BCUT2D eigenvalue weighted by Crippen LogP contribution is 2.03. The number of furan rings is 1. The second kappa shape index (κ2) is 8.31. The van der Waals surface area contributed by atoms with Crippen molar-refractivity contribution in [3.05, 3.63) is 24.2 Å². The maximum absolute atomic E-state index is 5.29. The Balaban J connectivity index is 2.06. The summed E-state index contributed by atoms with van der Waals surface area (Å²) in [5, 5.41) is 3.48. The number of nitrogens with one attached hydrogen (secondary N) is 1. The van der Waals surface area contributed by atoms with Crippen LogP contribution in [0.1, 0.15) is 39.4 Å². The van der Waals surface area contributed by atoms with E-state index in [9.17, 15) is 0 Å². The summed E-state index contributed by atoms with van der Waals surface area (Å²) in [5.41, 5.74) is 0. The molecule has 1 aromatic heterocycles. The molecule has 98 valence electrons. The third-order valence-electron chi connectivity index (χ3n) is 3.21. The van der Waals surface area contributed by atoms with Gasteiger partial charge in [-0.25, -0.2) is 0 Å². The van der Waals surface area contributed by atoms with Gasteiger partial charge in [-0.3, -0.25) is 0 Å². The van der Waals surface area contributed by atoms with E-state index in [-0.39, 0.29) is 0 Å². The summed E-state index contributed by atoms with van der Waals surface area (Å²) in [6, 6.07) is 4.49. The van der Waals surface area contributed by atoms with Gasteiger partial charge in [0.25, 0.3) is 0 Å². The van der Waals surface area contributed by atoms with Crippen LogP contribution in [0.4, 0.5) is 0 Å². The predicted octanol–water partition coefficient (Wildman–Crippen LogP) is 2.88. The zero-order valence-corrected chi connectivity index (χ0v) is 11.4. The van der Waals surface area contributed by atoms with Crippen molar-refractivity contribution in [2.24, 2.45) is 0 Å². The first-order chi connectivity index (χ1) is 8.26. The fraction of sp³-hybridized carbons (Fsp3) is 0.714. The molecular formula is C14H26N2O. The van der Waals surface area contributed by atoms with Crippen molar-refractivity contribution in [1.29, 1.82) is 0 Å². The van der Waals surface area contributed by atoms with E-state index in [0.717, 1.165) is 25.4 Å². The first-order valence-electron chi connectivity index (χ1n) is 6.74. The molecular weight excluding hydrogens is 212 g/mol. The highest BCUT2D eigenvalue weighted by molar-refractivity contribution is 4.97. The van der Waals surface area contributed by atoms with Gasteiger partial charge < -0.3 is 14.6 Å². The smallest absolute Gasteiger partial charge is 0.117 e. The molecule has 0 aromatic carbocycles. The van der Waals surface area contributed by atoms with Gasteiger partial charge in [-0.2, -0.15) is 0 Å². The normalized spacial score (nSPS) is 13.2. The van der Waals surface area contributed by atoms with Crippen LogP contribution >= 0.6 is 0 Å². The fourth-order valence-corrected chi connectivity index (χ4v) is 1.95. The molecule has 1 rings (SSSR count). The average molecular weight is 238 g/mol. The summed E-state index contributed by atoms with van der Waals surface area (Å²) in [4.78, 5) is 2.47. The maximum atomic E-state index is 5.29. The van der Waals surface area contributed by atoms with Crippen LogP contribution in [0, 0.1) is 0 Å². The highest BCUT2D eigenvalue weighted by atomic mass is 16.3. The Morgan fingerprint density at radius 2 is 2.12 bits per heavy atom. The first-order valence-corrected chi connectivity index (χ1v) is 6.74. The van der Waals surface area contributed by atoms with Crippen molar-refractivity contribution in [1.82, 2.24) is 10.2 Å². The molecule has 0 saturated carbocycles. The number of hydrogen-bond acceptors (Lipinski definition) is 3. The van der Waals surface area contributed by atoms with Crippen LogP contribution in [0.3, 0.4) is 0 Å². The lowest BCUT2D eigenvalue weighted by molar-refractivity contribution is 0.289. The average Bonchev–Trinajstić information content (AvgIpc) is 2.85. The lowest BCUT2D eigenvalue weighted by Gasteiger charge is -2.19. The second-order valence-electron chi connectivity index (χ2n) is 4.53. The second-order valence-corrected chi connectivity index (χ2v) is 4.53. The molecule has 0 aliphatic heterocycles. The molecule has 1 N–H and O–H groups in total. The minimum absolute atomic E-state index is 0.552. The van der Waals surface area contributed by atoms with E-state index in [1.165, 1.54) is 19.4 Å². The number of nitrogens with zero attached hydrogens (tertiary/aromatic N) is 1. The zero-order chi connectivity index (χ0) is 12.5. The largest absolute Gasteiger partial charge is 0.468 e. The molecule has 17 heavy (non-hydrogen) atoms. The Bertz CT molecular complexity index is 268. The minimum Gasteiger partial charge on any atom is -0.468 e. The summed E-state index contributed by atoms with van der Waals surface area (Å²) in [7, 11) is 0. The van der Waals surface area contributed by atoms with Crippen LogP contribution < -0.4 is 5.32 Å². The molecule has 0 fully saturated rings. The molecule has 3 nitrogen and oxygen atoms in total. The van der Waals surface area contributed by atoms with Crippen molar-refractivity contribution in [2.75, 3.05) is 19.6 Å². The zero-order valence-electron chi connectivity index (χ0n) is 11.4. The van der Waals surface area contributed by atoms with Crippen molar-refractivity contribution in [3.63, 3.8) is 0 Å². The Morgan fingerprint density at radius 3 is 2.71 bits per heavy atom. The summed E-state index contributed by atoms with van der Waals surface area (Å²) in [6.45, 7) is 11.0. The molecule has 0 saturated heterocycles. The van der Waals surface area contributed by atoms with E-state index >= 15 is 0 Å². The highest BCUT2D eigenvalue weighted by Gasteiger charge is 2.04. The van der Waals surface area contributed by atoms with E-state index in [1.54, 1.807) is 6.26 Å². The van der Waals surface area contributed by atoms with Gasteiger partial charge in [0.2, 0.25) is 0 Å². The van der Waals surface area contributed by atoms with E-state index in [0.29, 0.717) is 6.04 Å². The standard InChI is InChI=1S/C14H26N2O/c1-4-16(5-2)10-6-8-13(3)15-12-14-9-7-11-17-14/h7,9,11,13,15H,4-6,8,10,12H2,1-3H3. The van der Waals surface area contributed by atoms with Gasteiger partial charge in [-0.05, 0) is 51.5 Å². The molecule has 1 atom stereocenters. The number of hydrogen-bond donors (Lipinski definition) is 1. The Kier molecular flexibility index (Phi) is 6.97. The monoisotopic (exact) mass is 238 g/mol. The van der Waals surface area contributed by atoms with Crippen LogP contribution in [0.15, 0.2) is 22.8 Å². The predicted molar refractivity (Wildman–Crippen MR) is 72.0 cm³/mol. The Morgan fingerprint density at radius 1 is 1.35 bits per heavy atom. The summed E-state index contributed by atoms with van der Waals surface area (Å²) >= 11 is 0. The topological polar surface area (TPSA) is 28.4 Å². The molecule has 0 amide bonds. The Labute approximate surface area is 105 Å². The van der Waals surface area contributed by atoms with Gasteiger partial charge in [-0.15, -0.1) is 0 Å². The van der Waals surface area contributed by atoms with Crippen LogP contribution in [-0.4, -0.2) is 30.6 Å². The molecule has 0 bridgehead atoms. The molecule has 1 heterocycles. The van der Waals surface area contributed by atoms with Gasteiger partial charge in [0, 0.05) is 6.04 Å². The first kappa shape index (κ1) is 14.3. The van der Waals surface area contributed by atoms with Gasteiger partial charge in [0.15, 0.2) is 0 Å². The third kappa shape index (κ3) is 5.89. The molecule has 1 unspecified atom stereocenters. The SMILES string of the molecule is CCN(CC)CCCC(C)NCc1ccco1. The number of rotatable bonds is 9. The minimum atomic E-state index is 0.552. The van der Waals surface area contributed by atoms with Gasteiger partial charge in [0.05, 0.1) is 12.8 Å². The molecule has 3 heteroatoms.